The third-order valence-electron chi connectivity index (χ3n) is 4.82. The summed E-state index contributed by atoms with van der Waals surface area (Å²) in [5, 5.41) is 0. The zero-order chi connectivity index (χ0) is 19.4. The fraction of sp³-hybridized carbons (Fsp3) is 0.409. The summed E-state index contributed by atoms with van der Waals surface area (Å²) in [7, 11) is 1.79. The average molecular weight is 367 g/mol. The Balaban J connectivity index is 1.72. The highest BCUT2D eigenvalue weighted by Gasteiger charge is 2.25. The summed E-state index contributed by atoms with van der Waals surface area (Å²) in [6.45, 7) is 7.46. The molecule has 1 fully saturated rings. The molecule has 144 valence electrons. The van der Waals surface area contributed by atoms with Crippen molar-refractivity contribution in [1.82, 2.24) is 4.90 Å². The van der Waals surface area contributed by atoms with Gasteiger partial charge in [0.05, 0.1) is 18.8 Å². The van der Waals surface area contributed by atoms with Crippen LogP contribution in [0.5, 0.6) is 0 Å². The van der Waals surface area contributed by atoms with Gasteiger partial charge in [-0.25, -0.2) is 0 Å². The van der Waals surface area contributed by atoms with Gasteiger partial charge in [0.25, 0.3) is 0 Å². The zero-order valence-electron chi connectivity index (χ0n) is 16.4. The Hall–Kier alpha value is -2.37. The smallest absolute Gasteiger partial charge is 0.242 e. The summed E-state index contributed by atoms with van der Waals surface area (Å²) in [6, 6.07) is 17.0. The van der Waals surface area contributed by atoms with Crippen molar-refractivity contribution in [3.8, 4) is 11.1 Å². The van der Waals surface area contributed by atoms with Gasteiger partial charge in [0.15, 0.2) is 0 Å². The number of nitrogens with zero attached hydrogens (tertiary/aromatic N) is 2. The van der Waals surface area contributed by atoms with Crippen molar-refractivity contribution in [2.24, 2.45) is 5.73 Å². The van der Waals surface area contributed by atoms with Crippen LogP contribution in [0.2, 0.25) is 0 Å². The van der Waals surface area contributed by atoms with Gasteiger partial charge in [-0.2, -0.15) is 0 Å². The van der Waals surface area contributed by atoms with Gasteiger partial charge in [0, 0.05) is 32.4 Å². The minimum absolute atomic E-state index is 0.0669. The van der Waals surface area contributed by atoms with E-state index in [4.69, 9.17) is 10.5 Å². The van der Waals surface area contributed by atoms with Crippen molar-refractivity contribution < 1.29 is 9.53 Å². The molecule has 2 aromatic carbocycles. The van der Waals surface area contributed by atoms with Gasteiger partial charge in [-0.1, -0.05) is 30.3 Å². The number of anilines is 1. The standard InChI is InChI=1S/C22H29N3O2/c1-22(2,23)21(26)24(3)16-17-5-4-6-19(15-17)18-7-9-20(10-8-18)25-11-13-27-14-12-25/h4-10,15H,11-14,16,23H2,1-3H3. The molecule has 0 saturated carbocycles. The molecule has 5 heteroatoms. The van der Waals surface area contributed by atoms with Crippen LogP contribution >= 0.6 is 0 Å². The molecule has 0 atom stereocenters. The number of hydrogen-bond acceptors (Lipinski definition) is 4. The first kappa shape index (κ1) is 19.4. The molecule has 1 aliphatic rings. The quantitative estimate of drug-likeness (QED) is 0.883. The minimum Gasteiger partial charge on any atom is -0.378 e. The number of carbonyl (C=O) groups excluding carboxylic acids is 1. The topological polar surface area (TPSA) is 58.8 Å². The molecule has 0 radical (unpaired) electrons. The minimum atomic E-state index is -0.859. The SMILES string of the molecule is CN(Cc1cccc(-c2ccc(N3CCOCC3)cc2)c1)C(=O)C(C)(C)N. The highest BCUT2D eigenvalue weighted by atomic mass is 16.5. The summed E-state index contributed by atoms with van der Waals surface area (Å²) >= 11 is 0. The van der Waals surface area contributed by atoms with E-state index in [9.17, 15) is 4.79 Å². The van der Waals surface area contributed by atoms with Crippen molar-refractivity contribution in [1.29, 1.82) is 0 Å². The van der Waals surface area contributed by atoms with E-state index in [-0.39, 0.29) is 5.91 Å². The van der Waals surface area contributed by atoms with E-state index in [1.807, 2.05) is 12.1 Å². The normalized spacial score (nSPS) is 14.9. The number of rotatable bonds is 5. The maximum Gasteiger partial charge on any atom is 0.242 e. The van der Waals surface area contributed by atoms with Crippen molar-refractivity contribution in [3.63, 3.8) is 0 Å². The number of benzene rings is 2. The number of likely N-dealkylation sites (N-methyl/N-ethyl adjacent to an activating group) is 1. The maximum absolute atomic E-state index is 12.3. The molecule has 0 aromatic heterocycles. The predicted octanol–water partition coefficient (Wildman–Crippen LogP) is 2.89. The lowest BCUT2D eigenvalue weighted by molar-refractivity contribution is -0.134. The molecule has 5 nitrogen and oxygen atoms in total. The van der Waals surface area contributed by atoms with Crippen molar-refractivity contribution in [2.45, 2.75) is 25.9 Å². The second-order valence-corrected chi connectivity index (χ2v) is 7.73. The van der Waals surface area contributed by atoms with E-state index in [0.717, 1.165) is 37.4 Å². The first-order valence-electron chi connectivity index (χ1n) is 9.41. The lowest BCUT2D eigenvalue weighted by Crippen LogP contribution is -2.49. The molecule has 0 bridgehead atoms. The molecule has 1 aliphatic heterocycles. The highest BCUT2D eigenvalue weighted by Crippen LogP contribution is 2.25. The Kier molecular flexibility index (Phi) is 5.82. The van der Waals surface area contributed by atoms with E-state index in [2.05, 4.69) is 41.3 Å². The van der Waals surface area contributed by atoms with E-state index in [1.54, 1.807) is 25.8 Å². The Morgan fingerprint density at radius 1 is 1.11 bits per heavy atom. The number of nitrogens with two attached hydrogens (primary N) is 1. The highest BCUT2D eigenvalue weighted by molar-refractivity contribution is 5.85. The first-order chi connectivity index (χ1) is 12.8. The Bertz CT molecular complexity index is 775. The van der Waals surface area contributed by atoms with Crippen LogP contribution in [0.25, 0.3) is 11.1 Å². The molecular weight excluding hydrogens is 338 g/mol. The van der Waals surface area contributed by atoms with E-state index >= 15 is 0 Å². The summed E-state index contributed by atoms with van der Waals surface area (Å²) in [5.74, 6) is -0.0669. The predicted molar refractivity (Wildman–Crippen MR) is 110 cm³/mol. The molecule has 27 heavy (non-hydrogen) atoms. The number of amides is 1. The molecule has 0 spiro atoms. The maximum atomic E-state index is 12.3. The van der Waals surface area contributed by atoms with Crippen LogP contribution in [-0.4, -0.2) is 49.7 Å². The van der Waals surface area contributed by atoms with Crippen molar-refractivity contribution in [2.75, 3.05) is 38.3 Å². The van der Waals surface area contributed by atoms with Crippen LogP contribution in [0.4, 0.5) is 5.69 Å². The molecule has 0 aliphatic carbocycles. The van der Waals surface area contributed by atoms with Crippen LogP contribution in [0.15, 0.2) is 48.5 Å². The summed E-state index contributed by atoms with van der Waals surface area (Å²) in [4.78, 5) is 16.3. The number of hydrogen-bond donors (Lipinski definition) is 1. The van der Waals surface area contributed by atoms with E-state index in [1.165, 1.54) is 11.3 Å². The third-order valence-corrected chi connectivity index (χ3v) is 4.82. The summed E-state index contributed by atoms with van der Waals surface area (Å²) in [6.07, 6.45) is 0. The van der Waals surface area contributed by atoms with Crippen molar-refractivity contribution >= 4 is 11.6 Å². The molecule has 2 N–H and O–H groups in total. The van der Waals surface area contributed by atoms with Gasteiger partial charge in [-0.05, 0) is 48.7 Å². The zero-order valence-corrected chi connectivity index (χ0v) is 16.4. The average Bonchev–Trinajstić information content (AvgIpc) is 2.67. The lowest BCUT2D eigenvalue weighted by atomic mass is 10.0. The van der Waals surface area contributed by atoms with Crippen LogP contribution < -0.4 is 10.6 Å². The van der Waals surface area contributed by atoms with Crippen LogP contribution in [0.3, 0.4) is 0 Å². The van der Waals surface area contributed by atoms with Crippen LogP contribution in [0, 0.1) is 0 Å². The lowest BCUT2D eigenvalue weighted by Gasteiger charge is -2.29. The Morgan fingerprint density at radius 2 is 1.78 bits per heavy atom. The second kappa shape index (κ2) is 8.11. The molecule has 1 amide bonds. The van der Waals surface area contributed by atoms with Crippen LogP contribution in [0.1, 0.15) is 19.4 Å². The number of carbonyl (C=O) groups is 1. The summed E-state index contributed by atoms with van der Waals surface area (Å²) in [5.41, 5.74) is 9.70. The summed E-state index contributed by atoms with van der Waals surface area (Å²) < 4.78 is 5.42. The fourth-order valence-electron chi connectivity index (χ4n) is 3.37. The molecule has 3 rings (SSSR count). The van der Waals surface area contributed by atoms with Gasteiger partial charge in [0.1, 0.15) is 0 Å². The molecule has 1 heterocycles. The van der Waals surface area contributed by atoms with Crippen molar-refractivity contribution in [3.05, 3.63) is 54.1 Å². The Morgan fingerprint density at radius 3 is 2.41 bits per heavy atom. The van der Waals surface area contributed by atoms with E-state index in [0.29, 0.717) is 6.54 Å². The van der Waals surface area contributed by atoms with E-state index < -0.39 is 5.54 Å². The van der Waals surface area contributed by atoms with Gasteiger partial charge in [0.2, 0.25) is 5.91 Å². The largest absolute Gasteiger partial charge is 0.378 e. The number of ether oxygens (including phenoxy) is 1. The first-order valence-corrected chi connectivity index (χ1v) is 9.41. The third kappa shape index (κ3) is 4.87. The Labute approximate surface area is 161 Å². The molecular formula is C22H29N3O2. The monoisotopic (exact) mass is 367 g/mol. The van der Waals surface area contributed by atoms with Gasteiger partial charge in [-0.3, -0.25) is 4.79 Å². The molecule has 2 aromatic rings. The number of morpholine rings is 1. The van der Waals surface area contributed by atoms with Gasteiger partial charge >= 0.3 is 0 Å². The van der Waals surface area contributed by atoms with Gasteiger partial charge < -0.3 is 20.3 Å². The van der Waals surface area contributed by atoms with Crippen LogP contribution in [-0.2, 0) is 16.1 Å². The second-order valence-electron chi connectivity index (χ2n) is 7.73. The van der Waals surface area contributed by atoms with Gasteiger partial charge in [-0.15, -0.1) is 0 Å². The molecule has 1 saturated heterocycles. The molecule has 0 unspecified atom stereocenters. The fourth-order valence-corrected chi connectivity index (χ4v) is 3.37.